The van der Waals surface area contributed by atoms with Gasteiger partial charge in [-0.05, 0) is 89.5 Å². The van der Waals surface area contributed by atoms with Crippen LogP contribution in [0.4, 0.5) is 4.79 Å². The fourth-order valence-corrected chi connectivity index (χ4v) is 4.78. The second-order valence-electron chi connectivity index (χ2n) is 10.9. The number of hydrazine groups is 1. The predicted molar refractivity (Wildman–Crippen MR) is 141 cm³/mol. The number of pyridine rings is 1. The van der Waals surface area contributed by atoms with Gasteiger partial charge >= 0.3 is 6.09 Å². The molecule has 8 heteroatoms. The molecule has 1 saturated heterocycles. The summed E-state index contributed by atoms with van der Waals surface area (Å²) in [5.74, 6) is 0.158. The van der Waals surface area contributed by atoms with E-state index in [-0.39, 0.29) is 17.9 Å². The van der Waals surface area contributed by atoms with Gasteiger partial charge < -0.3 is 15.0 Å². The number of piperidine rings is 1. The number of hydrogen-bond acceptors (Lipinski definition) is 6. The van der Waals surface area contributed by atoms with Crippen LogP contribution in [0.5, 0.6) is 0 Å². The van der Waals surface area contributed by atoms with E-state index in [2.05, 4.69) is 21.3 Å². The first kappa shape index (κ1) is 26.1. The van der Waals surface area contributed by atoms with Gasteiger partial charge in [0.15, 0.2) is 0 Å². The standard InChI is InChI=1S/C28H39N5O3/c1-20(13-17-32-15-7-6-8-16-32)26(34)30-25-19-24(31(5)33(25)27(35)36-28(2,3)4)22-11-12-23-21(18-22)10-9-14-29-23/h9-12,14,18-20,24H,6-8,13,15-17H2,1-5H3,(H,30,34). The molecule has 1 aromatic heterocycles. The minimum Gasteiger partial charge on any atom is -0.442 e. The van der Waals surface area contributed by atoms with Crippen LogP contribution in [0.1, 0.15) is 65.0 Å². The van der Waals surface area contributed by atoms with Crippen LogP contribution in [0.25, 0.3) is 10.9 Å². The lowest BCUT2D eigenvalue weighted by Gasteiger charge is -2.33. The Bertz CT molecular complexity index is 1120. The number of carbonyl (C=O) groups excluding carboxylic acids is 2. The fourth-order valence-electron chi connectivity index (χ4n) is 4.78. The highest BCUT2D eigenvalue weighted by atomic mass is 16.6. The molecule has 4 rings (SSSR count). The number of hydrogen-bond donors (Lipinski definition) is 1. The number of aromatic nitrogens is 1. The molecule has 0 bridgehead atoms. The maximum absolute atomic E-state index is 13.2. The fraction of sp³-hybridized carbons (Fsp3) is 0.536. The lowest BCUT2D eigenvalue weighted by Crippen LogP contribution is -2.47. The molecule has 2 amide bonds. The van der Waals surface area contributed by atoms with Gasteiger partial charge in [0.25, 0.3) is 0 Å². The normalized spacial score (nSPS) is 20.3. The van der Waals surface area contributed by atoms with Crippen LogP contribution in [0.3, 0.4) is 0 Å². The Kier molecular flexibility index (Phi) is 7.95. The van der Waals surface area contributed by atoms with Crippen LogP contribution in [-0.4, -0.2) is 64.2 Å². The van der Waals surface area contributed by atoms with E-state index < -0.39 is 11.7 Å². The van der Waals surface area contributed by atoms with E-state index in [9.17, 15) is 9.59 Å². The number of benzene rings is 1. The molecule has 1 N–H and O–H groups in total. The number of likely N-dealkylation sites (N-methyl/N-ethyl adjacent to an activating group) is 1. The summed E-state index contributed by atoms with van der Waals surface area (Å²) in [5.41, 5.74) is 1.24. The van der Waals surface area contributed by atoms with Crippen molar-refractivity contribution < 1.29 is 14.3 Å². The third kappa shape index (κ3) is 6.23. The number of nitrogens with one attached hydrogen (secondary N) is 1. The number of rotatable bonds is 6. The molecule has 0 saturated carbocycles. The number of amides is 2. The van der Waals surface area contributed by atoms with E-state index in [1.54, 1.807) is 11.2 Å². The highest BCUT2D eigenvalue weighted by Crippen LogP contribution is 2.34. The lowest BCUT2D eigenvalue weighted by atomic mass is 10.0. The minimum atomic E-state index is -0.665. The SMILES string of the molecule is CC(CCN1CCCCC1)C(=O)NC1=CC(c2ccc3ncccc3c2)N(C)N1C(=O)OC(C)(C)C. The van der Waals surface area contributed by atoms with Crippen LogP contribution in [0, 0.1) is 5.92 Å². The van der Waals surface area contributed by atoms with E-state index in [1.165, 1.54) is 24.3 Å². The zero-order valence-corrected chi connectivity index (χ0v) is 22.2. The number of nitrogens with zero attached hydrogens (tertiary/aromatic N) is 4. The Hall–Kier alpha value is -2.97. The molecule has 2 aromatic rings. The third-order valence-corrected chi connectivity index (χ3v) is 6.82. The minimum absolute atomic E-state index is 0.0939. The van der Waals surface area contributed by atoms with Crippen molar-refractivity contribution in [2.45, 2.75) is 65.0 Å². The smallest absolute Gasteiger partial charge is 0.431 e. The highest BCUT2D eigenvalue weighted by Gasteiger charge is 2.38. The molecular formula is C28H39N5O3. The van der Waals surface area contributed by atoms with Crippen LogP contribution in [0.2, 0.25) is 0 Å². The average Bonchev–Trinajstić information content (AvgIpc) is 3.17. The van der Waals surface area contributed by atoms with E-state index in [4.69, 9.17) is 4.74 Å². The number of likely N-dealkylation sites (tertiary alicyclic amines) is 1. The molecule has 0 aliphatic carbocycles. The maximum atomic E-state index is 13.2. The lowest BCUT2D eigenvalue weighted by molar-refractivity contribution is -0.124. The summed E-state index contributed by atoms with van der Waals surface area (Å²) in [4.78, 5) is 33.2. The van der Waals surface area contributed by atoms with Crippen molar-refractivity contribution >= 4 is 22.9 Å². The van der Waals surface area contributed by atoms with Gasteiger partial charge in [-0.15, -0.1) is 0 Å². The van der Waals surface area contributed by atoms with Crippen LogP contribution < -0.4 is 5.32 Å². The van der Waals surface area contributed by atoms with Crippen molar-refractivity contribution in [3.8, 4) is 0 Å². The van der Waals surface area contributed by atoms with Crippen molar-refractivity contribution in [1.82, 2.24) is 25.2 Å². The Labute approximate surface area is 214 Å². The summed E-state index contributed by atoms with van der Waals surface area (Å²) in [5, 5.41) is 7.28. The van der Waals surface area contributed by atoms with Gasteiger partial charge in [0.05, 0.1) is 11.6 Å². The number of fused-ring (bicyclic) bond motifs is 1. The van der Waals surface area contributed by atoms with Crippen molar-refractivity contribution in [1.29, 1.82) is 0 Å². The summed E-state index contributed by atoms with van der Waals surface area (Å²) < 4.78 is 5.68. The van der Waals surface area contributed by atoms with Gasteiger partial charge in [-0.25, -0.2) is 9.80 Å². The Morgan fingerprint density at radius 1 is 1.17 bits per heavy atom. The quantitative estimate of drug-likeness (QED) is 0.620. The monoisotopic (exact) mass is 493 g/mol. The third-order valence-electron chi connectivity index (χ3n) is 6.82. The average molecular weight is 494 g/mol. The molecular weight excluding hydrogens is 454 g/mol. The topological polar surface area (TPSA) is 78.0 Å². The molecule has 2 unspecified atom stereocenters. The second kappa shape index (κ2) is 11.0. The summed E-state index contributed by atoms with van der Waals surface area (Å²) in [6.07, 6.45) is 7.70. The molecule has 2 aliphatic heterocycles. The molecule has 194 valence electrons. The number of carbonyl (C=O) groups is 2. The first-order valence-corrected chi connectivity index (χ1v) is 13.0. The molecule has 8 nitrogen and oxygen atoms in total. The highest BCUT2D eigenvalue weighted by molar-refractivity contribution is 5.82. The molecule has 36 heavy (non-hydrogen) atoms. The van der Waals surface area contributed by atoms with Gasteiger partial charge in [0.2, 0.25) is 5.91 Å². The molecule has 1 aromatic carbocycles. The van der Waals surface area contributed by atoms with Gasteiger partial charge in [0, 0.05) is 24.5 Å². The largest absolute Gasteiger partial charge is 0.442 e. The summed E-state index contributed by atoms with van der Waals surface area (Å²) in [7, 11) is 1.83. The van der Waals surface area contributed by atoms with Crippen molar-refractivity contribution in [2.24, 2.45) is 5.92 Å². The zero-order valence-electron chi connectivity index (χ0n) is 22.2. The second-order valence-corrected chi connectivity index (χ2v) is 10.9. The van der Waals surface area contributed by atoms with Gasteiger partial charge in [-0.3, -0.25) is 9.78 Å². The number of ether oxygens (including phenoxy) is 1. The molecule has 3 heterocycles. The first-order valence-electron chi connectivity index (χ1n) is 13.0. The van der Waals surface area contributed by atoms with Gasteiger partial charge in [-0.1, -0.05) is 25.5 Å². The van der Waals surface area contributed by atoms with Crippen LogP contribution in [0.15, 0.2) is 48.4 Å². The zero-order chi connectivity index (χ0) is 25.9. The molecule has 2 atom stereocenters. The molecule has 0 spiro atoms. The van der Waals surface area contributed by atoms with Crippen LogP contribution >= 0.6 is 0 Å². The Morgan fingerprint density at radius 3 is 2.64 bits per heavy atom. The van der Waals surface area contributed by atoms with E-state index in [0.717, 1.165) is 42.5 Å². The maximum Gasteiger partial charge on any atom is 0.431 e. The molecule has 0 radical (unpaired) electrons. The summed E-state index contributed by atoms with van der Waals surface area (Å²) >= 11 is 0. The van der Waals surface area contributed by atoms with E-state index >= 15 is 0 Å². The Morgan fingerprint density at radius 2 is 1.92 bits per heavy atom. The van der Waals surface area contributed by atoms with Crippen molar-refractivity contribution in [3.05, 3.63) is 54.0 Å². The predicted octanol–water partition coefficient (Wildman–Crippen LogP) is 4.84. The molecule has 1 fully saturated rings. The summed E-state index contributed by atoms with van der Waals surface area (Å²) in [6.45, 7) is 10.6. The van der Waals surface area contributed by atoms with E-state index in [0.29, 0.717) is 5.82 Å². The van der Waals surface area contributed by atoms with Gasteiger partial charge in [0.1, 0.15) is 11.4 Å². The van der Waals surface area contributed by atoms with Gasteiger partial charge in [-0.2, -0.15) is 5.01 Å². The Balaban J connectivity index is 1.53. The van der Waals surface area contributed by atoms with Crippen LogP contribution in [-0.2, 0) is 9.53 Å². The molecule has 2 aliphatic rings. The first-order chi connectivity index (χ1) is 17.1. The van der Waals surface area contributed by atoms with E-state index in [1.807, 2.05) is 65.1 Å². The van der Waals surface area contributed by atoms with Crippen molar-refractivity contribution in [3.63, 3.8) is 0 Å². The van der Waals surface area contributed by atoms with Crippen molar-refractivity contribution in [2.75, 3.05) is 26.7 Å². The summed E-state index contributed by atoms with van der Waals surface area (Å²) in [6, 6.07) is 9.73.